The van der Waals surface area contributed by atoms with Gasteiger partial charge in [-0.05, 0) is 50.8 Å². The van der Waals surface area contributed by atoms with Gasteiger partial charge in [0.25, 0.3) is 0 Å². The van der Waals surface area contributed by atoms with Crippen molar-refractivity contribution in [2.75, 3.05) is 29.4 Å². The van der Waals surface area contributed by atoms with Crippen LogP contribution in [0.2, 0.25) is 0 Å². The van der Waals surface area contributed by atoms with E-state index < -0.39 is 0 Å². The van der Waals surface area contributed by atoms with Crippen LogP contribution >= 0.6 is 0 Å². The minimum atomic E-state index is 0.887. The average molecular weight is 370 g/mol. The van der Waals surface area contributed by atoms with Crippen LogP contribution in [0.1, 0.15) is 30.4 Å². The van der Waals surface area contributed by atoms with E-state index in [1.807, 2.05) is 0 Å². The number of fused-ring (bicyclic) bond motifs is 1. The van der Waals surface area contributed by atoms with E-state index in [0.717, 1.165) is 43.5 Å². The number of hydrogen-bond acceptors (Lipinski definition) is 4. The van der Waals surface area contributed by atoms with Gasteiger partial charge in [-0.2, -0.15) is 4.98 Å². The number of rotatable bonds is 3. The van der Waals surface area contributed by atoms with Crippen LogP contribution in [-0.2, 0) is 6.42 Å². The summed E-state index contributed by atoms with van der Waals surface area (Å²) in [5, 5.41) is 0. The Hall–Kier alpha value is -2.88. The average Bonchev–Trinajstić information content (AvgIpc) is 3.18. The molecule has 142 valence electrons. The second kappa shape index (κ2) is 7.27. The van der Waals surface area contributed by atoms with E-state index in [9.17, 15) is 0 Å². The second-order valence-corrected chi connectivity index (χ2v) is 7.83. The van der Waals surface area contributed by atoms with Crippen LogP contribution < -0.4 is 9.80 Å². The maximum absolute atomic E-state index is 5.10. The van der Waals surface area contributed by atoms with Gasteiger partial charge < -0.3 is 9.80 Å². The van der Waals surface area contributed by atoms with E-state index >= 15 is 0 Å². The van der Waals surface area contributed by atoms with Crippen LogP contribution in [0, 0.1) is 6.92 Å². The number of anilines is 3. The highest BCUT2D eigenvalue weighted by Crippen LogP contribution is 2.39. The molecule has 0 unspecified atom stereocenters. The van der Waals surface area contributed by atoms with Gasteiger partial charge in [-0.1, -0.05) is 42.0 Å². The first kappa shape index (κ1) is 17.2. The molecule has 0 aliphatic carbocycles. The third-order valence-corrected chi connectivity index (χ3v) is 5.81. The molecule has 1 fully saturated rings. The highest BCUT2D eigenvalue weighted by molar-refractivity contribution is 5.77. The van der Waals surface area contributed by atoms with Crippen LogP contribution in [0.15, 0.2) is 54.6 Å². The molecule has 0 N–H and O–H groups in total. The molecule has 4 heteroatoms. The molecule has 2 aliphatic heterocycles. The molecule has 4 nitrogen and oxygen atoms in total. The first-order chi connectivity index (χ1) is 13.8. The summed E-state index contributed by atoms with van der Waals surface area (Å²) in [5.74, 6) is 1.97. The highest BCUT2D eigenvalue weighted by Gasteiger charge is 2.28. The van der Waals surface area contributed by atoms with Crippen molar-refractivity contribution < 1.29 is 0 Å². The minimum absolute atomic E-state index is 0.887. The molecule has 0 amide bonds. The van der Waals surface area contributed by atoms with Gasteiger partial charge in [-0.15, -0.1) is 0 Å². The Kier molecular flexibility index (Phi) is 4.47. The lowest BCUT2D eigenvalue weighted by Gasteiger charge is -2.28. The van der Waals surface area contributed by atoms with E-state index in [-0.39, 0.29) is 0 Å². The normalized spacial score (nSPS) is 16.3. The fourth-order valence-electron chi connectivity index (χ4n) is 4.37. The third kappa shape index (κ3) is 3.13. The van der Waals surface area contributed by atoms with Crippen LogP contribution in [-0.4, -0.2) is 29.6 Å². The number of benzene rings is 2. The maximum atomic E-state index is 5.10. The Bertz CT molecular complexity index is 977. The lowest BCUT2D eigenvalue weighted by Crippen LogP contribution is -2.31. The fourth-order valence-corrected chi connectivity index (χ4v) is 4.37. The number of hydrogen-bond donors (Lipinski definition) is 0. The Morgan fingerprint density at radius 1 is 0.821 bits per heavy atom. The predicted octanol–water partition coefficient (Wildman–Crippen LogP) is 5.14. The molecule has 28 heavy (non-hydrogen) atoms. The molecule has 2 aliphatic rings. The van der Waals surface area contributed by atoms with E-state index in [1.165, 1.54) is 41.6 Å². The summed E-state index contributed by atoms with van der Waals surface area (Å²) >= 11 is 0. The van der Waals surface area contributed by atoms with Crippen LogP contribution in [0.3, 0.4) is 0 Å². The van der Waals surface area contributed by atoms with Crippen molar-refractivity contribution in [1.29, 1.82) is 0 Å². The Morgan fingerprint density at radius 2 is 1.64 bits per heavy atom. The molecule has 1 saturated heterocycles. The minimum Gasteiger partial charge on any atom is -0.341 e. The largest absolute Gasteiger partial charge is 0.341 e. The van der Waals surface area contributed by atoms with Crippen molar-refractivity contribution >= 4 is 17.5 Å². The molecule has 0 saturated carbocycles. The van der Waals surface area contributed by atoms with Gasteiger partial charge in [0.2, 0.25) is 5.95 Å². The van der Waals surface area contributed by atoms with Crippen molar-refractivity contribution in [3.8, 4) is 11.3 Å². The molecule has 2 aromatic carbocycles. The summed E-state index contributed by atoms with van der Waals surface area (Å²) in [7, 11) is 0. The summed E-state index contributed by atoms with van der Waals surface area (Å²) in [4.78, 5) is 14.9. The van der Waals surface area contributed by atoms with Gasteiger partial charge in [0.15, 0.2) is 0 Å². The van der Waals surface area contributed by atoms with E-state index in [2.05, 4.69) is 71.3 Å². The number of piperidine rings is 1. The number of aromatic nitrogens is 2. The number of aryl methyl sites for hydroxylation is 1. The molecule has 0 spiro atoms. The summed E-state index contributed by atoms with van der Waals surface area (Å²) in [6.45, 7) is 5.21. The lowest BCUT2D eigenvalue weighted by atomic mass is 10.0. The Morgan fingerprint density at radius 3 is 2.43 bits per heavy atom. The third-order valence-electron chi connectivity index (χ3n) is 5.81. The monoisotopic (exact) mass is 370 g/mol. The van der Waals surface area contributed by atoms with Crippen molar-refractivity contribution in [2.24, 2.45) is 0 Å². The zero-order valence-corrected chi connectivity index (χ0v) is 16.4. The van der Waals surface area contributed by atoms with E-state index in [0.29, 0.717) is 0 Å². The molecule has 0 bridgehead atoms. The first-order valence-corrected chi connectivity index (χ1v) is 10.3. The summed E-state index contributed by atoms with van der Waals surface area (Å²) in [6.07, 6.45) is 4.74. The number of nitrogens with zero attached hydrogens (tertiary/aromatic N) is 4. The van der Waals surface area contributed by atoms with Crippen molar-refractivity contribution in [3.05, 3.63) is 65.7 Å². The highest BCUT2D eigenvalue weighted by atomic mass is 15.3. The zero-order chi connectivity index (χ0) is 18.9. The van der Waals surface area contributed by atoms with Crippen molar-refractivity contribution in [2.45, 2.75) is 32.6 Å². The molecule has 1 aromatic heterocycles. The van der Waals surface area contributed by atoms with Gasteiger partial charge in [-0.3, -0.25) is 0 Å². The lowest BCUT2D eigenvalue weighted by molar-refractivity contribution is 0.568. The van der Waals surface area contributed by atoms with E-state index in [4.69, 9.17) is 9.97 Å². The Balaban J connectivity index is 1.66. The molecule has 0 radical (unpaired) electrons. The summed E-state index contributed by atoms with van der Waals surface area (Å²) < 4.78 is 0. The smallest absolute Gasteiger partial charge is 0.227 e. The van der Waals surface area contributed by atoms with Gasteiger partial charge >= 0.3 is 0 Å². The SMILES string of the molecule is Cc1cccc(-c2nc(N3CCCCC3)nc3c2CCN3c2ccccc2)c1. The number of para-hydroxylation sites is 1. The summed E-state index contributed by atoms with van der Waals surface area (Å²) in [5.41, 5.74) is 6.05. The second-order valence-electron chi connectivity index (χ2n) is 7.83. The van der Waals surface area contributed by atoms with Crippen LogP contribution in [0.25, 0.3) is 11.3 Å². The molecule has 5 rings (SSSR count). The zero-order valence-electron chi connectivity index (χ0n) is 16.4. The van der Waals surface area contributed by atoms with Gasteiger partial charge in [0, 0.05) is 36.4 Å². The molecule has 0 atom stereocenters. The molecular formula is C24H26N4. The quantitative estimate of drug-likeness (QED) is 0.639. The van der Waals surface area contributed by atoms with Crippen LogP contribution in [0.4, 0.5) is 17.5 Å². The van der Waals surface area contributed by atoms with Gasteiger partial charge in [0.1, 0.15) is 5.82 Å². The molecular weight excluding hydrogens is 344 g/mol. The maximum Gasteiger partial charge on any atom is 0.227 e. The van der Waals surface area contributed by atoms with Gasteiger partial charge in [-0.25, -0.2) is 4.98 Å². The molecule has 3 heterocycles. The van der Waals surface area contributed by atoms with Crippen molar-refractivity contribution in [1.82, 2.24) is 9.97 Å². The summed E-state index contributed by atoms with van der Waals surface area (Å²) in [6, 6.07) is 19.3. The van der Waals surface area contributed by atoms with E-state index in [1.54, 1.807) is 0 Å². The van der Waals surface area contributed by atoms with Gasteiger partial charge in [0.05, 0.1) is 5.69 Å². The standard InChI is InChI=1S/C24H26N4/c1-18-9-8-10-19(17-18)22-21-13-16-28(20-11-4-2-5-12-20)23(21)26-24(25-22)27-14-6-3-7-15-27/h2,4-5,8-12,17H,3,6-7,13-16H2,1H3. The fraction of sp³-hybridized carbons (Fsp3) is 0.333. The topological polar surface area (TPSA) is 32.3 Å². The Labute approximate surface area is 166 Å². The molecule has 3 aromatic rings. The van der Waals surface area contributed by atoms with Crippen LogP contribution in [0.5, 0.6) is 0 Å². The predicted molar refractivity (Wildman–Crippen MR) is 115 cm³/mol. The first-order valence-electron chi connectivity index (χ1n) is 10.3. The van der Waals surface area contributed by atoms with Crippen molar-refractivity contribution in [3.63, 3.8) is 0 Å².